The highest BCUT2D eigenvalue weighted by Gasteiger charge is 2.17. The largest absolute Gasteiger partial charge is 0.343 e. The first-order valence-corrected chi connectivity index (χ1v) is 7.98. The summed E-state index contributed by atoms with van der Waals surface area (Å²) < 4.78 is 3.75. The Hall–Kier alpha value is -2.35. The quantitative estimate of drug-likeness (QED) is 0.737. The van der Waals surface area contributed by atoms with Crippen molar-refractivity contribution in [3.8, 4) is 0 Å². The first-order valence-electron chi connectivity index (χ1n) is 6.76. The second-order valence-electron chi connectivity index (χ2n) is 4.81. The highest BCUT2D eigenvalue weighted by molar-refractivity contribution is 7.98. The van der Waals surface area contributed by atoms with Gasteiger partial charge < -0.3 is 9.88 Å². The van der Waals surface area contributed by atoms with E-state index in [4.69, 9.17) is 0 Å². The van der Waals surface area contributed by atoms with Crippen LogP contribution in [0, 0.1) is 6.92 Å². The molecule has 8 heteroatoms. The zero-order chi connectivity index (χ0) is 15.7. The number of thioether (sulfide) groups is 1. The smallest absolute Gasteiger partial charge is 0.272 e. The van der Waals surface area contributed by atoms with Gasteiger partial charge in [-0.1, -0.05) is 17.8 Å². The number of fused-ring (bicyclic) bond motifs is 1. The van der Waals surface area contributed by atoms with Gasteiger partial charge in [0.05, 0.1) is 12.1 Å². The maximum Gasteiger partial charge on any atom is 0.272 e. The lowest BCUT2D eigenvalue weighted by Crippen LogP contribution is -2.25. The van der Waals surface area contributed by atoms with E-state index in [-0.39, 0.29) is 5.91 Å². The molecule has 3 heterocycles. The zero-order valence-corrected chi connectivity index (χ0v) is 13.4. The minimum absolute atomic E-state index is 0.218. The van der Waals surface area contributed by atoms with Gasteiger partial charge in [-0.25, -0.2) is 4.98 Å². The fourth-order valence-electron chi connectivity index (χ4n) is 2.17. The lowest BCUT2D eigenvalue weighted by molar-refractivity contribution is 0.0946. The number of pyridine rings is 1. The summed E-state index contributed by atoms with van der Waals surface area (Å²) in [7, 11) is 1.87. The van der Waals surface area contributed by atoms with Crippen molar-refractivity contribution in [1.82, 2.24) is 29.5 Å². The SMILES string of the molecule is CSc1nc(C(=O)NCc2nnc(C)n2C)c2ccccn12. The van der Waals surface area contributed by atoms with Crippen LogP contribution in [0.4, 0.5) is 0 Å². The Balaban J connectivity index is 1.85. The number of aryl methyl sites for hydroxylation is 1. The van der Waals surface area contributed by atoms with Gasteiger partial charge in [0.25, 0.3) is 5.91 Å². The Kier molecular flexibility index (Phi) is 3.84. The van der Waals surface area contributed by atoms with E-state index in [0.29, 0.717) is 18.1 Å². The highest BCUT2D eigenvalue weighted by atomic mass is 32.2. The maximum atomic E-state index is 12.4. The molecule has 0 bridgehead atoms. The van der Waals surface area contributed by atoms with Gasteiger partial charge in [0.15, 0.2) is 16.7 Å². The Bertz CT molecular complexity index is 837. The van der Waals surface area contributed by atoms with Gasteiger partial charge in [-0.15, -0.1) is 10.2 Å². The van der Waals surface area contributed by atoms with Crippen LogP contribution in [-0.4, -0.2) is 36.3 Å². The number of nitrogens with one attached hydrogen (secondary N) is 1. The molecule has 0 saturated heterocycles. The van der Waals surface area contributed by atoms with Crippen LogP contribution < -0.4 is 5.32 Å². The van der Waals surface area contributed by atoms with Crippen molar-refractivity contribution in [2.24, 2.45) is 7.05 Å². The number of rotatable bonds is 4. The van der Waals surface area contributed by atoms with Crippen LogP contribution in [0.25, 0.3) is 5.52 Å². The van der Waals surface area contributed by atoms with Crippen molar-refractivity contribution in [3.63, 3.8) is 0 Å². The molecular weight excluding hydrogens is 300 g/mol. The molecule has 0 fully saturated rings. The van der Waals surface area contributed by atoms with E-state index < -0.39 is 0 Å². The minimum atomic E-state index is -0.218. The van der Waals surface area contributed by atoms with Crippen molar-refractivity contribution in [1.29, 1.82) is 0 Å². The van der Waals surface area contributed by atoms with E-state index in [2.05, 4.69) is 20.5 Å². The van der Waals surface area contributed by atoms with E-state index in [1.54, 1.807) is 0 Å². The summed E-state index contributed by atoms with van der Waals surface area (Å²) in [5.41, 5.74) is 1.21. The van der Waals surface area contributed by atoms with Gasteiger partial charge in [-0.3, -0.25) is 9.20 Å². The topological polar surface area (TPSA) is 77.1 Å². The second-order valence-corrected chi connectivity index (χ2v) is 5.58. The van der Waals surface area contributed by atoms with Crippen molar-refractivity contribution < 1.29 is 4.79 Å². The van der Waals surface area contributed by atoms with E-state index >= 15 is 0 Å². The number of hydrogen-bond acceptors (Lipinski definition) is 5. The number of imidazole rings is 1. The van der Waals surface area contributed by atoms with Gasteiger partial charge in [-0.05, 0) is 25.3 Å². The Morgan fingerprint density at radius 3 is 2.86 bits per heavy atom. The minimum Gasteiger partial charge on any atom is -0.343 e. The van der Waals surface area contributed by atoms with Gasteiger partial charge >= 0.3 is 0 Å². The number of carbonyl (C=O) groups is 1. The van der Waals surface area contributed by atoms with Crippen LogP contribution in [0.1, 0.15) is 22.1 Å². The van der Waals surface area contributed by atoms with E-state index in [1.165, 1.54) is 11.8 Å². The summed E-state index contributed by atoms with van der Waals surface area (Å²) in [4.78, 5) is 16.8. The second kappa shape index (κ2) is 5.80. The lowest BCUT2D eigenvalue weighted by Gasteiger charge is -2.03. The van der Waals surface area contributed by atoms with Crippen LogP contribution in [0.3, 0.4) is 0 Å². The molecule has 3 aromatic heterocycles. The Labute approximate surface area is 131 Å². The molecule has 1 amide bonds. The van der Waals surface area contributed by atoms with E-state index in [9.17, 15) is 4.79 Å². The van der Waals surface area contributed by atoms with Crippen LogP contribution in [0.2, 0.25) is 0 Å². The summed E-state index contributed by atoms with van der Waals surface area (Å²) >= 11 is 1.50. The molecule has 0 aliphatic rings. The Morgan fingerprint density at radius 1 is 1.36 bits per heavy atom. The molecule has 0 saturated carbocycles. The number of carbonyl (C=O) groups excluding carboxylic acids is 1. The van der Waals surface area contributed by atoms with Crippen molar-refractivity contribution in [3.05, 3.63) is 41.7 Å². The van der Waals surface area contributed by atoms with Crippen molar-refractivity contribution in [2.45, 2.75) is 18.6 Å². The van der Waals surface area contributed by atoms with Crippen LogP contribution in [0.15, 0.2) is 29.6 Å². The molecule has 0 radical (unpaired) electrons. The fraction of sp³-hybridized carbons (Fsp3) is 0.286. The molecule has 22 heavy (non-hydrogen) atoms. The molecule has 114 valence electrons. The summed E-state index contributed by atoms with van der Waals surface area (Å²) in [6.07, 6.45) is 3.84. The number of aromatic nitrogens is 5. The fourth-order valence-corrected chi connectivity index (χ4v) is 2.71. The van der Waals surface area contributed by atoms with Crippen LogP contribution in [-0.2, 0) is 13.6 Å². The molecule has 0 aromatic carbocycles. The Morgan fingerprint density at radius 2 is 2.18 bits per heavy atom. The van der Waals surface area contributed by atoms with Crippen LogP contribution >= 0.6 is 11.8 Å². The highest BCUT2D eigenvalue weighted by Crippen LogP contribution is 2.19. The average molecular weight is 316 g/mol. The van der Waals surface area contributed by atoms with Crippen LogP contribution in [0.5, 0.6) is 0 Å². The molecule has 0 spiro atoms. The normalized spacial score (nSPS) is 11.0. The van der Waals surface area contributed by atoms with Gasteiger partial charge in [0.1, 0.15) is 5.82 Å². The molecular formula is C14H16N6OS. The summed E-state index contributed by atoms with van der Waals surface area (Å²) in [5, 5.41) is 11.6. The third-order valence-corrected chi connectivity index (χ3v) is 4.16. The molecule has 3 aromatic rings. The first-order chi connectivity index (χ1) is 10.6. The monoisotopic (exact) mass is 316 g/mol. The van der Waals surface area contributed by atoms with Crippen molar-refractivity contribution in [2.75, 3.05) is 6.26 Å². The lowest BCUT2D eigenvalue weighted by atomic mass is 10.3. The maximum absolute atomic E-state index is 12.4. The molecule has 0 aliphatic carbocycles. The van der Waals surface area contributed by atoms with E-state index in [0.717, 1.165) is 16.5 Å². The van der Waals surface area contributed by atoms with Gasteiger partial charge in [0, 0.05) is 13.2 Å². The molecule has 1 N–H and O–H groups in total. The predicted molar refractivity (Wildman–Crippen MR) is 83.9 cm³/mol. The van der Waals surface area contributed by atoms with Gasteiger partial charge in [0.2, 0.25) is 0 Å². The number of amides is 1. The molecule has 0 unspecified atom stereocenters. The van der Waals surface area contributed by atoms with Gasteiger partial charge in [-0.2, -0.15) is 0 Å². The molecule has 0 atom stereocenters. The molecule has 7 nitrogen and oxygen atoms in total. The zero-order valence-electron chi connectivity index (χ0n) is 12.6. The average Bonchev–Trinajstić information content (AvgIpc) is 3.07. The standard InChI is InChI=1S/C14H16N6OS/c1-9-17-18-11(19(9)2)8-15-13(21)12-10-6-4-5-7-20(10)14(16-12)22-3/h4-7H,8H2,1-3H3,(H,15,21). The predicted octanol–water partition coefficient (Wildman–Crippen LogP) is 1.42. The molecule has 0 aliphatic heterocycles. The third kappa shape index (κ3) is 2.45. The first kappa shape index (κ1) is 14.6. The summed E-state index contributed by atoms with van der Waals surface area (Å²) in [6, 6.07) is 5.69. The van der Waals surface area contributed by atoms with E-state index in [1.807, 2.05) is 53.6 Å². The number of hydrogen-bond donors (Lipinski definition) is 1. The third-order valence-electron chi connectivity index (χ3n) is 3.50. The van der Waals surface area contributed by atoms with Crippen molar-refractivity contribution >= 4 is 23.2 Å². The number of nitrogens with zero attached hydrogens (tertiary/aromatic N) is 5. The molecule has 3 rings (SSSR count). The summed E-state index contributed by atoms with van der Waals surface area (Å²) in [5.74, 6) is 1.30. The summed E-state index contributed by atoms with van der Waals surface area (Å²) in [6.45, 7) is 2.18.